The van der Waals surface area contributed by atoms with Crippen molar-refractivity contribution in [2.75, 3.05) is 40.9 Å². The van der Waals surface area contributed by atoms with E-state index in [0.717, 1.165) is 38.5 Å². The Kier molecular flexibility index (Phi) is 40.2. The Balaban J connectivity index is 4.28. The molecule has 342 valence electrons. The number of carbonyl (C=O) groups excluding carboxylic acids is 1. The summed E-state index contributed by atoms with van der Waals surface area (Å²) in [6.45, 7) is 4.62. The van der Waals surface area contributed by atoms with E-state index in [0.29, 0.717) is 17.4 Å². The molecule has 0 aliphatic carbocycles. The third-order valence-electron chi connectivity index (χ3n) is 10.8. The van der Waals surface area contributed by atoms with Crippen LogP contribution in [0.4, 0.5) is 0 Å². The van der Waals surface area contributed by atoms with Gasteiger partial charge in [0.05, 0.1) is 39.9 Å². The minimum atomic E-state index is -4.59. The van der Waals surface area contributed by atoms with Gasteiger partial charge in [-0.2, -0.15) is 0 Å². The van der Waals surface area contributed by atoms with Crippen LogP contribution in [0.5, 0.6) is 0 Å². The van der Waals surface area contributed by atoms with Crippen molar-refractivity contribution in [1.82, 2.24) is 5.32 Å². The number of carbonyl (C=O) groups is 1. The van der Waals surface area contributed by atoms with Crippen LogP contribution < -0.4 is 10.2 Å². The summed E-state index contributed by atoms with van der Waals surface area (Å²) in [5, 5.41) is 13.8. The lowest BCUT2D eigenvalue weighted by molar-refractivity contribution is -0.870. The van der Waals surface area contributed by atoms with E-state index in [4.69, 9.17) is 9.05 Å². The molecule has 2 N–H and O–H groups in total. The van der Waals surface area contributed by atoms with Gasteiger partial charge in [-0.3, -0.25) is 9.36 Å². The second-order valence-corrected chi connectivity index (χ2v) is 19.2. The quantitative estimate of drug-likeness (QED) is 0.0274. The number of rotatable bonds is 44. The molecular weight excluding hydrogens is 744 g/mol. The van der Waals surface area contributed by atoms with Crippen molar-refractivity contribution in [1.29, 1.82) is 0 Å². The first-order valence-corrected chi connectivity index (χ1v) is 25.8. The molecule has 8 nitrogen and oxygen atoms in total. The van der Waals surface area contributed by atoms with E-state index in [9.17, 15) is 19.4 Å². The van der Waals surface area contributed by atoms with Crippen molar-refractivity contribution in [3.05, 3.63) is 36.5 Å². The van der Waals surface area contributed by atoms with Crippen molar-refractivity contribution in [3.63, 3.8) is 0 Å². The molecule has 0 fully saturated rings. The molecule has 1 amide bonds. The van der Waals surface area contributed by atoms with Crippen molar-refractivity contribution < 1.29 is 32.9 Å². The lowest BCUT2D eigenvalue weighted by atomic mass is 10.0. The lowest BCUT2D eigenvalue weighted by Gasteiger charge is -2.29. The van der Waals surface area contributed by atoms with Gasteiger partial charge in [-0.1, -0.05) is 192 Å². The fourth-order valence-corrected chi connectivity index (χ4v) is 7.65. The van der Waals surface area contributed by atoms with E-state index in [-0.39, 0.29) is 12.5 Å². The Morgan fingerprint density at radius 3 is 1.40 bits per heavy atom. The number of nitrogens with zero attached hydrogens (tertiary/aromatic N) is 1. The van der Waals surface area contributed by atoms with Gasteiger partial charge in [-0.05, 0) is 57.8 Å². The molecule has 9 heteroatoms. The average Bonchev–Trinajstić information content (AvgIpc) is 3.17. The van der Waals surface area contributed by atoms with Crippen molar-refractivity contribution in [3.8, 4) is 0 Å². The first kappa shape index (κ1) is 56.7. The number of quaternary nitrogens is 1. The van der Waals surface area contributed by atoms with E-state index in [1.54, 1.807) is 6.08 Å². The Hall–Kier alpha value is -1.28. The summed E-state index contributed by atoms with van der Waals surface area (Å²) in [6, 6.07) is -0.901. The molecule has 0 aliphatic rings. The molecule has 0 heterocycles. The summed E-state index contributed by atoms with van der Waals surface area (Å²) in [7, 11) is 1.24. The maximum Gasteiger partial charge on any atom is 0.268 e. The van der Waals surface area contributed by atoms with Gasteiger partial charge in [0.15, 0.2) is 0 Å². The highest BCUT2D eigenvalue weighted by Crippen LogP contribution is 2.38. The Labute approximate surface area is 359 Å². The van der Waals surface area contributed by atoms with Crippen LogP contribution in [0.15, 0.2) is 36.5 Å². The number of hydrogen-bond donors (Lipinski definition) is 2. The SMILES string of the molecule is CCCCCCCCC/C=C/CC/C=C/C(O)C(COP(=O)([O-])OCC[N+](C)(C)C)NC(=O)CCCCCCCCCCCCC/C=C\CCCCCCCCCC. The summed E-state index contributed by atoms with van der Waals surface area (Å²) < 4.78 is 23.2. The molecule has 0 aromatic carbocycles. The first-order chi connectivity index (χ1) is 28.0. The minimum Gasteiger partial charge on any atom is -0.756 e. The van der Waals surface area contributed by atoms with E-state index in [2.05, 4.69) is 43.5 Å². The van der Waals surface area contributed by atoms with Crippen molar-refractivity contribution >= 4 is 13.7 Å². The zero-order valence-corrected chi connectivity index (χ0v) is 39.6. The number of phosphoric ester groups is 1. The number of nitrogens with one attached hydrogen (secondary N) is 1. The van der Waals surface area contributed by atoms with Gasteiger partial charge in [-0.15, -0.1) is 0 Å². The zero-order chi connectivity index (χ0) is 42.8. The van der Waals surface area contributed by atoms with Gasteiger partial charge in [0.1, 0.15) is 13.2 Å². The molecule has 0 radical (unpaired) electrons. The molecule has 0 saturated carbocycles. The largest absolute Gasteiger partial charge is 0.756 e. The topological polar surface area (TPSA) is 108 Å². The molecule has 58 heavy (non-hydrogen) atoms. The Morgan fingerprint density at radius 2 is 0.966 bits per heavy atom. The highest BCUT2D eigenvalue weighted by molar-refractivity contribution is 7.45. The number of unbranched alkanes of at least 4 members (excludes halogenated alkanes) is 27. The van der Waals surface area contributed by atoms with Crippen LogP contribution in [0, 0.1) is 0 Å². The molecular formula is C49H95N2O6P. The molecule has 0 rings (SSSR count). The van der Waals surface area contributed by atoms with Gasteiger partial charge in [0, 0.05) is 6.42 Å². The summed E-state index contributed by atoms with van der Waals surface area (Å²) >= 11 is 0. The number of likely N-dealkylation sites (N-methyl/N-ethyl adjacent to an activating group) is 1. The van der Waals surface area contributed by atoms with Gasteiger partial charge in [-0.25, -0.2) is 0 Å². The predicted molar refractivity (Wildman–Crippen MR) is 247 cm³/mol. The summed E-state index contributed by atoms with van der Waals surface area (Å²) in [4.78, 5) is 25.3. The molecule has 0 bridgehead atoms. The standard InChI is InChI=1S/C49H95N2O6P/c1-6-8-10-12-14-16-18-20-21-22-23-24-25-26-27-28-29-31-33-35-37-39-41-43-49(53)50-47(46-57-58(54,55)56-45-44-51(3,4)5)48(52)42-40-38-36-34-32-30-19-17-15-13-11-9-7-2/h22-23,32,34,40,42,47-48,52H,6-21,24-31,33,35-39,41,43-46H2,1-5H3,(H-,50,53,54,55)/b23-22-,34-32+,42-40+. The smallest absolute Gasteiger partial charge is 0.268 e. The van der Waals surface area contributed by atoms with Gasteiger partial charge in [0.25, 0.3) is 7.82 Å². The molecule has 0 aliphatic heterocycles. The van der Waals surface area contributed by atoms with Crippen LogP contribution in [0.25, 0.3) is 0 Å². The number of aliphatic hydroxyl groups excluding tert-OH is 1. The number of phosphoric acid groups is 1. The van der Waals surface area contributed by atoms with Gasteiger partial charge in [0.2, 0.25) is 5.91 Å². The highest BCUT2D eigenvalue weighted by atomic mass is 31.2. The molecule has 0 aromatic rings. The highest BCUT2D eigenvalue weighted by Gasteiger charge is 2.23. The maximum atomic E-state index is 12.9. The Morgan fingerprint density at radius 1 is 0.586 bits per heavy atom. The second-order valence-electron chi connectivity index (χ2n) is 17.8. The van der Waals surface area contributed by atoms with Crippen LogP contribution in [0.1, 0.15) is 219 Å². The fourth-order valence-electron chi connectivity index (χ4n) is 6.93. The van der Waals surface area contributed by atoms with Gasteiger partial charge >= 0.3 is 0 Å². The fraction of sp³-hybridized carbons (Fsp3) is 0.857. The van der Waals surface area contributed by atoms with E-state index in [1.807, 2.05) is 27.2 Å². The second kappa shape index (κ2) is 41.1. The normalized spacial score (nSPS) is 14.5. The third-order valence-corrected chi connectivity index (χ3v) is 11.8. The number of aliphatic hydroxyl groups is 1. The molecule has 0 saturated heterocycles. The monoisotopic (exact) mass is 839 g/mol. The van der Waals surface area contributed by atoms with E-state index < -0.39 is 26.6 Å². The van der Waals surface area contributed by atoms with Crippen LogP contribution in [-0.2, 0) is 18.4 Å². The summed E-state index contributed by atoms with van der Waals surface area (Å²) in [5.41, 5.74) is 0. The number of hydrogen-bond acceptors (Lipinski definition) is 6. The molecule has 3 unspecified atom stereocenters. The number of amides is 1. The van der Waals surface area contributed by atoms with Crippen LogP contribution in [0.2, 0.25) is 0 Å². The van der Waals surface area contributed by atoms with Crippen LogP contribution in [-0.4, -0.2) is 68.5 Å². The molecule has 0 spiro atoms. The molecule has 0 aromatic heterocycles. The van der Waals surface area contributed by atoms with E-state index in [1.165, 1.54) is 161 Å². The van der Waals surface area contributed by atoms with Crippen molar-refractivity contribution in [2.24, 2.45) is 0 Å². The van der Waals surface area contributed by atoms with Gasteiger partial charge < -0.3 is 28.8 Å². The van der Waals surface area contributed by atoms with Crippen molar-refractivity contribution in [2.45, 2.75) is 231 Å². The third kappa shape index (κ3) is 42.8. The Bertz CT molecular complexity index is 1040. The maximum absolute atomic E-state index is 12.9. The lowest BCUT2D eigenvalue weighted by Crippen LogP contribution is -2.45. The van der Waals surface area contributed by atoms with Crippen LogP contribution >= 0.6 is 7.82 Å². The number of allylic oxidation sites excluding steroid dienone is 5. The summed E-state index contributed by atoms with van der Waals surface area (Å²) in [6.07, 6.45) is 50.6. The minimum absolute atomic E-state index is 0.00617. The average molecular weight is 839 g/mol. The van der Waals surface area contributed by atoms with Crippen LogP contribution in [0.3, 0.4) is 0 Å². The summed E-state index contributed by atoms with van der Waals surface area (Å²) in [5.74, 6) is -0.208. The first-order valence-electron chi connectivity index (χ1n) is 24.4. The van der Waals surface area contributed by atoms with E-state index >= 15 is 0 Å². The predicted octanol–water partition coefficient (Wildman–Crippen LogP) is 13.2. The molecule has 3 atom stereocenters. The zero-order valence-electron chi connectivity index (χ0n) is 38.8.